The van der Waals surface area contributed by atoms with Gasteiger partial charge < -0.3 is 0 Å². The summed E-state index contributed by atoms with van der Waals surface area (Å²) in [5.41, 5.74) is 2.09. The molecule has 0 N–H and O–H groups in total. The third-order valence-corrected chi connectivity index (χ3v) is 1.47. The van der Waals surface area contributed by atoms with Gasteiger partial charge in [-0.1, -0.05) is 29.8 Å². The maximum atomic E-state index is 5.63. The Morgan fingerprint density at radius 2 is 2.00 bits per heavy atom. The highest BCUT2D eigenvalue weighted by Crippen LogP contribution is 2.17. The minimum Gasteiger partial charge on any atom is -0.241 e. The predicted molar refractivity (Wildman–Crippen MR) is 49.8 cm³/mol. The molecule has 0 unspecified atom stereocenters. The van der Waals surface area contributed by atoms with Gasteiger partial charge in [0.25, 0.3) is 0 Å². The van der Waals surface area contributed by atoms with Crippen LogP contribution in [0.5, 0.6) is 0 Å². The first-order valence-corrected chi connectivity index (χ1v) is 3.84. The van der Waals surface area contributed by atoms with Crippen molar-refractivity contribution in [2.24, 2.45) is 4.99 Å². The van der Waals surface area contributed by atoms with Gasteiger partial charge in [0.15, 0.2) is 0 Å². The highest BCUT2D eigenvalue weighted by atomic mass is 35.5. The fourth-order valence-electron chi connectivity index (χ4n) is 0.855. The molecule has 0 aromatic heterocycles. The van der Waals surface area contributed by atoms with Gasteiger partial charge in [-0.05, 0) is 25.5 Å². The number of aryl methyl sites for hydroxylation is 1. The summed E-state index contributed by atoms with van der Waals surface area (Å²) in [7, 11) is 0. The molecule has 0 aliphatic heterocycles. The first-order valence-electron chi connectivity index (χ1n) is 3.46. The SMILES string of the molecule is CC(Cl)=Nc1ccccc1C. The van der Waals surface area contributed by atoms with E-state index < -0.39 is 0 Å². The number of hydrogen-bond acceptors (Lipinski definition) is 1. The van der Waals surface area contributed by atoms with E-state index in [-0.39, 0.29) is 0 Å². The van der Waals surface area contributed by atoms with E-state index in [0.717, 1.165) is 11.3 Å². The number of aliphatic imine (C=N–C) groups is 1. The van der Waals surface area contributed by atoms with E-state index in [1.807, 2.05) is 31.2 Å². The van der Waals surface area contributed by atoms with Crippen LogP contribution in [-0.4, -0.2) is 5.17 Å². The Morgan fingerprint density at radius 3 is 2.55 bits per heavy atom. The van der Waals surface area contributed by atoms with Crippen LogP contribution >= 0.6 is 11.6 Å². The summed E-state index contributed by atoms with van der Waals surface area (Å²) >= 11 is 5.63. The molecular formula is C9H10ClN. The molecule has 1 aromatic carbocycles. The highest BCUT2D eigenvalue weighted by molar-refractivity contribution is 6.65. The summed E-state index contributed by atoms with van der Waals surface area (Å²) in [5, 5.41) is 0.569. The topological polar surface area (TPSA) is 12.4 Å². The summed E-state index contributed by atoms with van der Waals surface area (Å²) in [4.78, 5) is 4.14. The Kier molecular flexibility index (Phi) is 2.66. The molecular weight excluding hydrogens is 158 g/mol. The molecule has 1 nitrogen and oxygen atoms in total. The average molecular weight is 168 g/mol. The van der Waals surface area contributed by atoms with Crippen LogP contribution in [0.1, 0.15) is 12.5 Å². The molecule has 0 heterocycles. The van der Waals surface area contributed by atoms with Crippen molar-refractivity contribution in [3.8, 4) is 0 Å². The predicted octanol–water partition coefficient (Wildman–Crippen LogP) is 3.28. The van der Waals surface area contributed by atoms with Crippen LogP contribution in [0.4, 0.5) is 5.69 Å². The lowest BCUT2D eigenvalue weighted by atomic mass is 10.2. The zero-order valence-corrected chi connectivity index (χ0v) is 7.39. The van der Waals surface area contributed by atoms with Gasteiger partial charge in [-0.3, -0.25) is 0 Å². The maximum Gasteiger partial charge on any atom is 0.103 e. The largest absolute Gasteiger partial charge is 0.241 e. The van der Waals surface area contributed by atoms with Crippen molar-refractivity contribution in [1.29, 1.82) is 0 Å². The van der Waals surface area contributed by atoms with Gasteiger partial charge in [0.1, 0.15) is 5.17 Å². The molecule has 0 saturated heterocycles. The maximum absolute atomic E-state index is 5.63. The van der Waals surface area contributed by atoms with E-state index in [1.54, 1.807) is 6.92 Å². The lowest BCUT2D eigenvalue weighted by Gasteiger charge is -1.97. The van der Waals surface area contributed by atoms with Gasteiger partial charge in [-0.15, -0.1) is 0 Å². The van der Waals surface area contributed by atoms with Crippen LogP contribution in [-0.2, 0) is 0 Å². The van der Waals surface area contributed by atoms with E-state index in [9.17, 15) is 0 Å². The van der Waals surface area contributed by atoms with Crippen molar-refractivity contribution >= 4 is 22.5 Å². The molecule has 11 heavy (non-hydrogen) atoms. The Labute approximate surface area is 71.7 Å². The summed E-state index contributed by atoms with van der Waals surface area (Å²) < 4.78 is 0. The second-order valence-corrected chi connectivity index (χ2v) is 2.94. The van der Waals surface area contributed by atoms with Crippen molar-refractivity contribution < 1.29 is 0 Å². The van der Waals surface area contributed by atoms with Crippen LogP contribution in [0, 0.1) is 6.92 Å². The summed E-state index contributed by atoms with van der Waals surface area (Å²) in [6, 6.07) is 7.89. The molecule has 0 aliphatic carbocycles. The quantitative estimate of drug-likeness (QED) is 0.570. The summed E-state index contributed by atoms with van der Waals surface area (Å²) in [6.45, 7) is 3.78. The monoisotopic (exact) mass is 167 g/mol. The number of rotatable bonds is 1. The number of para-hydroxylation sites is 1. The number of nitrogens with zero attached hydrogens (tertiary/aromatic N) is 1. The van der Waals surface area contributed by atoms with Gasteiger partial charge in [-0.2, -0.15) is 0 Å². The molecule has 0 atom stereocenters. The molecule has 58 valence electrons. The van der Waals surface area contributed by atoms with Crippen LogP contribution < -0.4 is 0 Å². The van der Waals surface area contributed by atoms with Gasteiger partial charge in [0.05, 0.1) is 5.69 Å². The second kappa shape index (κ2) is 3.54. The number of benzene rings is 1. The Hall–Kier alpha value is -0.820. The third kappa shape index (κ3) is 2.35. The lowest BCUT2D eigenvalue weighted by Crippen LogP contribution is -1.77. The molecule has 0 bridgehead atoms. The van der Waals surface area contributed by atoms with E-state index in [4.69, 9.17) is 11.6 Å². The zero-order valence-electron chi connectivity index (χ0n) is 6.63. The van der Waals surface area contributed by atoms with E-state index in [0.29, 0.717) is 5.17 Å². The highest BCUT2D eigenvalue weighted by Gasteiger charge is 1.92. The van der Waals surface area contributed by atoms with Crippen molar-refractivity contribution in [3.05, 3.63) is 29.8 Å². The first-order chi connectivity index (χ1) is 5.20. The van der Waals surface area contributed by atoms with Crippen LogP contribution in [0.2, 0.25) is 0 Å². The van der Waals surface area contributed by atoms with Crippen molar-refractivity contribution in [2.75, 3.05) is 0 Å². The van der Waals surface area contributed by atoms with Gasteiger partial charge in [0.2, 0.25) is 0 Å². The van der Waals surface area contributed by atoms with E-state index in [1.165, 1.54) is 0 Å². The average Bonchev–Trinajstić information content (AvgIpc) is 1.93. The molecule has 0 fully saturated rings. The third-order valence-electron chi connectivity index (χ3n) is 1.39. The van der Waals surface area contributed by atoms with Crippen LogP contribution in [0.15, 0.2) is 29.3 Å². The minimum absolute atomic E-state index is 0.569. The zero-order chi connectivity index (χ0) is 8.27. The normalized spacial score (nSPS) is 11.7. The molecule has 1 aromatic rings. The Bertz CT molecular complexity index is 275. The van der Waals surface area contributed by atoms with Crippen molar-refractivity contribution in [3.63, 3.8) is 0 Å². The lowest BCUT2D eigenvalue weighted by molar-refractivity contribution is 1.40. The summed E-state index contributed by atoms with van der Waals surface area (Å²) in [6.07, 6.45) is 0. The van der Waals surface area contributed by atoms with Gasteiger partial charge in [-0.25, -0.2) is 4.99 Å². The Balaban J connectivity index is 3.04. The summed E-state index contributed by atoms with van der Waals surface area (Å²) in [5.74, 6) is 0. The molecule has 0 radical (unpaired) electrons. The molecule has 0 spiro atoms. The fraction of sp³-hybridized carbons (Fsp3) is 0.222. The second-order valence-electron chi connectivity index (χ2n) is 2.40. The van der Waals surface area contributed by atoms with Crippen molar-refractivity contribution in [1.82, 2.24) is 0 Å². The Morgan fingerprint density at radius 1 is 1.36 bits per heavy atom. The van der Waals surface area contributed by atoms with E-state index >= 15 is 0 Å². The number of hydrogen-bond donors (Lipinski definition) is 0. The molecule has 1 rings (SSSR count). The fourth-order valence-corrected chi connectivity index (χ4v) is 0.946. The van der Waals surface area contributed by atoms with Crippen LogP contribution in [0.25, 0.3) is 0 Å². The standard InChI is InChI=1S/C9H10ClN/c1-7-5-3-4-6-9(7)11-8(2)10/h3-6H,1-2H3. The number of halogens is 1. The van der Waals surface area contributed by atoms with Gasteiger partial charge >= 0.3 is 0 Å². The minimum atomic E-state index is 0.569. The smallest absolute Gasteiger partial charge is 0.103 e. The molecule has 0 aliphatic rings. The van der Waals surface area contributed by atoms with Gasteiger partial charge in [0, 0.05) is 0 Å². The first kappa shape index (κ1) is 8.28. The molecule has 0 amide bonds. The van der Waals surface area contributed by atoms with E-state index in [2.05, 4.69) is 4.99 Å². The molecule has 2 heteroatoms. The van der Waals surface area contributed by atoms with Crippen molar-refractivity contribution in [2.45, 2.75) is 13.8 Å². The van der Waals surface area contributed by atoms with Crippen LogP contribution in [0.3, 0.4) is 0 Å². The molecule has 0 saturated carbocycles.